The topological polar surface area (TPSA) is 55.4 Å². The van der Waals surface area contributed by atoms with Gasteiger partial charge in [0, 0.05) is 27.4 Å². The zero-order valence-corrected chi connectivity index (χ0v) is 43.7. The van der Waals surface area contributed by atoms with Crippen LogP contribution in [0.25, 0.3) is 0 Å². The van der Waals surface area contributed by atoms with Gasteiger partial charge in [-0.1, -0.05) is 195 Å². The molecule has 0 atom stereocenters. The molecule has 55 heavy (non-hydrogen) atoms. The van der Waals surface area contributed by atoms with Crippen LogP contribution in [0.3, 0.4) is 0 Å². The fourth-order valence-electron chi connectivity index (χ4n) is 7.90. The fourth-order valence-corrected chi connectivity index (χ4v) is 19.7. The highest BCUT2D eigenvalue weighted by Gasteiger charge is 2.36. The quantitative estimate of drug-likeness (QED) is 0.0285. The summed E-state index contributed by atoms with van der Waals surface area (Å²) in [6.07, 6.45) is 28.1. The summed E-state index contributed by atoms with van der Waals surface area (Å²) in [7, 11) is -1.81. The summed E-state index contributed by atoms with van der Waals surface area (Å²) in [5.74, 6) is 0. The van der Waals surface area contributed by atoms with Crippen LogP contribution in [0.15, 0.2) is 24.3 Å². The fraction of sp³-hybridized carbons (Fsp3) is 0.864. The van der Waals surface area contributed by atoms with E-state index in [1.54, 1.807) is 31.7 Å². The minimum atomic E-state index is -2.39. The Kier molecular flexibility index (Phi) is 30.8. The molecule has 0 amide bonds. The van der Waals surface area contributed by atoms with Crippen LogP contribution < -0.4 is 10.4 Å². The van der Waals surface area contributed by atoms with E-state index in [4.69, 9.17) is 27.2 Å². The molecule has 1 rings (SSSR count). The highest BCUT2D eigenvalue weighted by Crippen LogP contribution is 2.22. The standard InChI is InChI=1S/C44H92O6Si5/c1-11-48-49-37-27-21-15-13-12-14-17-23-29-39-52(5,6)43-33-35-44(36-34-43)53(7,8)40-30-24-18-16-22-28-38-51-50-54(9,10)41-31-25-19-20-26-32-42-55(45-2,46-3)47-4/h33-36H,11-32,37-42,51H2,1-10H3. The first-order valence-corrected chi connectivity index (χ1v) is 36.1. The van der Waals surface area contributed by atoms with Crippen molar-refractivity contribution in [1.82, 2.24) is 0 Å². The van der Waals surface area contributed by atoms with Gasteiger partial charge >= 0.3 is 8.80 Å². The predicted molar refractivity (Wildman–Crippen MR) is 253 cm³/mol. The van der Waals surface area contributed by atoms with Crippen molar-refractivity contribution in [3.63, 3.8) is 0 Å². The maximum absolute atomic E-state index is 6.59. The molecule has 6 nitrogen and oxygen atoms in total. The van der Waals surface area contributed by atoms with Gasteiger partial charge in [-0.05, 0) is 44.9 Å². The molecule has 0 spiro atoms. The van der Waals surface area contributed by atoms with Gasteiger partial charge < -0.3 is 17.4 Å². The van der Waals surface area contributed by atoms with Crippen molar-refractivity contribution in [3.8, 4) is 0 Å². The first-order chi connectivity index (χ1) is 26.4. The Bertz CT molecular complexity index is 1010. The summed E-state index contributed by atoms with van der Waals surface area (Å²) in [6.45, 7) is 18.6. The van der Waals surface area contributed by atoms with E-state index in [0.29, 0.717) is 6.61 Å². The SMILES string of the molecule is CCOOCCCCCCCCCCC[Si](C)(C)c1ccc([Si](C)(C)CCCCCCCC[SiH2]O[Si](C)(C)CCCCCCCC[Si](OC)(OC)OC)cc1. The number of hydrogen-bond acceptors (Lipinski definition) is 6. The zero-order chi connectivity index (χ0) is 40.7. The van der Waals surface area contributed by atoms with Gasteiger partial charge in [0.05, 0.1) is 29.4 Å². The maximum Gasteiger partial charge on any atom is 0.500 e. The normalized spacial score (nSPS) is 13.1. The van der Waals surface area contributed by atoms with E-state index >= 15 is 0 Å². The van der Waals surface area contributed by atoms with Crippen molar-refractivity contribution in [1.29, 1.82) is 0 Å². The van der Waals surface area contributed by atoms with Gasteiger partial charge in [-0.3, -0.25) is 0 Å². The van der Waals surface area contributed by atoms with Crippen LogP contribution in [0.2, 0.25) is 69.5 Å². The van der Waals surface area contributed by atoms with Gasteiger partial charge in [0.2, 0.25) is 0 Å². The van der Waals surface area contributed by atoms with Crippen LogP contribution in [-0.4, -0.2) is 77.6 Å². The molecule has 0 saturated carbocycles. The van der Waals surface area contributed by atoms with Crippen molar-refractivity contribution in [3.05, 3.63) is 24.3 Å². The van der Waals surface area contributed by atoms with Gasteiger partial charge in [0.15, 0.2) is 8.32 Å². The summed E-state index contributed by atoms with van der Waals surface area (Å²) in [5, 5.41) is 3.32. The zero-order valence-electron chi connectivity index (χ0n) is 38.3. The molecule has 0 aliphatic heterocycles. The second-order valence-electron chi connectivity index (χ2n) is 18.3. The van der Waals surface area contributed by atoms with Crippen molar-refractivity contribution in [2.24, 2.45) is 0 Å². The second-order valence-corrected chi connectivity index (χ2v) is 37.3. The highest BCUT2D eigenvalue weighted by atomic mass is 28.4. The maximum atomic E-state index is 6.59. The highest BCUT2D eigenvalue weighted by molar-refractivity contribution is 6.91. The monoisotopic (exact) mass is 857 g/mol. The third-order valence-corrected chi connectivity index (χ3v) is 28.2. The first kappa shape index (κ1) is 53.1. The molecule has 0 heterocycles. The minimum absolute atomic E-state index is 0.350. The number of benzene rings is 1. The third-order valence-electron chi connectivity index (χ3n) is 12.1. The van der Waals surface area contributed by atoms with Crippen molar-refractivity contribution >= 4 is 53.4 Å². The average Bonchev–Trinajstić information content (AvgIpc) is 3.17. The predicted octanol–water partition coefficient (Wildman–Crippen LogP) is 12.3. The molecule has 0 N–H and O–H groups in total. The molecule has 1 aromatic rings. The van der Waals surface area contributed by atoms with Crippen molar-refractivity contribution < 1.29 is 27.2 Å². The van der Waals surface area contributed by atoms with Crippen LogP contribution in [0.5, 0.6) is 0 Å². The summed E-state index contributed by atoms with van der Waals surface area (Å²) >= 11 is 0. The molecule has 0 radical (unpaired) electrons. The third kappa shape index (κ3) is 26.0. The van der Waals surface area contributed by atoms with Crippen molar-refractivity contribution in [2.75, 3.05) is 34.5 Å². The lowest BCUT2D eigenvalue weighted by molar-refractivity contribution is -0.291. The Morgan fingerprint density at radius 1 is 0.436 bits per heavy atom. The van der Waals surface area contributed by atoms with E-state index in [2.05, 4.69) is 63.5 Å². The molecule has 0 aliphatic carbocycles. The Balaban J connectivity index is 2.09. The van der Waals surface area contributed by atoms with Gasteiger partial charge in [-0.2, -0.15) is 0 Å². The largest absolute Gasteiger partial charge is 0.500 e. The summed E-state index contributed by atoms with van der Waals surface area (Å²) in [5.41, 5.74) is 0. The van der Waals surface area contributed by atoms with E-state index in [1.807, 2.05) is 6.92 Å². The van der Waals surface area contributed by atoms with Gasteiger partial charge in [-0.15, -0.1) is 0 Å². The molecule has 1 aromatic carbocycles. The number of hydrogen-bond donors (Lipinski definition) is 0. The lowest BCUT2D eigenvalue weighted by Crippen LogP contribution is -2.45. The first-order valence-electron chi connectivity index (χ1n) is 23.0. The molecule has 0 fully saturated rings. The lowest BCUT2D eigenvalue weighted by Gasteiger charge is -2.26. The molecule has 324 valence electrons. The Morgan fingerprint density at radius 2 is 0.800 bits per heavy atom. The van der Waals surface area contributed by atoms with E-state index < -0.39 is 33.3 Å². The lowest BCUT2D eigenvalue weighted by atomic mass is 10.1. The molecule has 0 aromatic heterocycles. The van der Waals surface area contributed by atoms with Crippen LogP contribution in [0.1, 0.15) is 142 Å². The van der Waals surface area contributed by atoms with Crippen LogP contribution in [0.4, 0.5) is 0 Å². The number of rotatable bonds is 39. The van der Waals surface area contributed by atoms with Gasteiger partial charge in [0.1, 0.15) is 9.76 Å². The number of unbranched alkanes of at least 4 members (excludes halogenated alkanes) is 18. The van der Waals surface area contributed by atoms with Gasteiger partial charge in [-0.25, -0.2) is 9.78 Å². The molecular formula is C44H92O6Si5. The van der Waals surface area contributed by atoms with E-state index in [9.17, 15) is 0 Å². The Hall–Kier alpha value is 0.0644. The molecule has 0 saturated heterocycles. The molecule has 0 unspecified atom stereocenters. The van der Waals surface area contributed by atoms with E-state index in [-0.39, 0.29) is 9.76 Å². The Morgan fingerprint density at radius 3 is 1.22 bits per heavy atom. The van der Waals surface area contributed by atoms with Gasteiger partial charge in [0.25, 0.3) is 0 Å². The molecule has 0 aliphatic rings. The second kappa shape index (κ2) is 31.9. The van der Waals surface area contributed by atoms with Crippen LogP contribution in [0, 0.1) is 0 Å². The van der Waals surface area contributed by atoms with E-state index in [0.717, 1.165) is 25.5 Å². The summed E-state index contributed by atoms with van der Waals surface area (Å²) < 4.78 is 23.2. The average molecular weight is 858 g/mol. The minimum Gasteiger partial charge on any atom is -0.460 e. The van der Waals surface area contributed by atoms with Crippen LogP contribution in [-0.2, 0) is 27.2 Å². The summed E-state index contributed by atoms with van der Waals surface area (Å²) in [6, 6.07) is 16.6. The molecule has 11 heteroatoms. The van der Waals surface area contributed by atoms with Crippen molar-refractivity contribution in [2.45, 2.75) is 211 Å². The summed E-state index contributed by atoms with van der Waals surface area (Å²) in [4.78, 5) is 10.0. The Labute approximate surface area is 349 Å². The van der Waals surface area contributed by atoms with E-state index in [1.165, 1.54) is 146 Å². The van der Waals surface area contributed by atoms with Crippen LogP contribution >= 0.6 is 0 Å². The molecular weight excluding hydrogens is 765 g/mol. The smallest absolute Gasteiger partial charge is 0.460 e. The molecule has 0 bridgehead atoms.